The van der Waals surface area contributed by atoms with Crippen LogP contribution in [0.1, 0.15) is 34.9 Å². The van der Waals surface area contributed by atoms with E-state index in [4.69, 9.17) is 0 Å². The molecule has 0 bridgehead atoms. The average molecular weight is 1380 g/mol. The Morgan fingerprint density at radius 3 is 1.31 bits per heavy atom. The molecule has 7 heteroatoms. The topological polar surface area (TPSA) is 16.3 Å². The second kappa shape index (κ2) is 24.3. The molecule has 5 heterocycles. The first-order valence-corrected chi connectivity index (χ1v) is 38.4. The molecule has 0 saturated carbocycles. The number of para-hydroxylation sites is 2. The van der Waals surface area contributed by atoms with Gasteiger partial charge in [0.2, 0.25) is 0 Å². The second-order valence-corrected chi connectivity index (χ2v) is 31.1. The minimum absolute atomic E-state index is 0.349. The third kappa shape index (κ3) is 9.75. The summed E-state index contributed by atoms with van der Waals surface area (Å²) < 4.78 is 9.04. The number of hydrogen-bond acceptors (Lipinski definition) is 5. The van der Waals surface area contributed by atoms with Crippen LogP contribution in [-0.2, 0) is 24.7 Å². The molecule has 1 unspecified atom stereocenters. The number of anilines is 6. The summed E-state index contributed by atoms with van der Waals surface area (Å²) >= 11 is 5.73. The van der Waals surface area contributed by atoms with Crippen molar-refractivity contribution in [2.75, 3.05) is 9.80 Å². The molecule has 492 valence electrons. The number of benzene rings is 14. The highest BCUT2D eigenvalue weighted by atomic mass is 32.1. The van der Waals surface area contributed by atoms with Crippen LogP contribution in [0.5, 0.6) is 0 Å². The molecular weight excluding hydrogens is 1320 g/mol. The molecule has 5 aromatic heterocycles. The van der Waals surface area contributed by atoms with Crippen molar-refractivity contribution in [2.24, 2.45) is 0 Å². The highest BCUT2D eigenvalue weighted by Crippen LogP contribution is 2.55. The van der Waals surface area contributed by atoms with E-state index in [0.29, 0.717) is 0 Å². The van der Waals surface area contributed by atoms with Crippen LogP contribution < -0.4 is 9.80 Å². The van der Waals surface area contributed by atoms with Crippen LogP contribution in [0.15, 0.2) is 346 Å². The zero-order chi connectivity index (χ0) is 68.6. The zero-order valence-corrected chi connectivity index (χ0v) is 59.5. The molecular formula is C97H66N4S3. The third-order valence-corrected chi connectivity index (χ3v) is 25.6. The third-order valence-electron chi connectivity index (χ3n) is 22.1. The summed E-state index contributed by atoms with van der Waals surface area (Å²) in [6.07, 6.45) is 2.88. The standard InChI is InChI=1S/C97H66N4S3/c1-97(61-62-33-58-89-83(59-62)93-92-82-29-15-18-32-88(82)103-95(92)101(96(93)104-89)76-53-42-68(43-54-76)65-36-45-72(46-37-65)98(70-22-7-3-8-23-70)71-24-9-4-10-25-71)84-30-16-13-27-79(84)80-56-55-77(60-85(80)97)99(73-47-34-64(35-48-73)63-19-5-2-6-20-63)74-49-38-66(39-50-74)67-40-51-75(52-41-67)100-86-57-44-69-21-11-12-26-78(69)90(86)91-81-28-14-17-31-87(81)102-94(91)100/h2-43,45-56,58-60H,44,57,61H2,1H3. The summed E-state index contributed by atoms with van der Waals surface area (Å²) in [6, 6.07) is 129. The Morgan fingerprint density at radius 1 is 0.308 bits per heavy atom. The van der Waals surface area contributed by atoms with E-state index in [9.17, 15) is 0 Å². The number of rotatable bonds is 13. The molecule has 0 aliphatic heterocycles. The lowest BCUT2D eigenvalue weighted by molar-refractivity contribution is 0.583. The summed E-state index contributed by atoms with van der Waals surface area (Å²) in [5.74, 6) is 0. The van der Waals surface area contributed by atoms with Crippen molar-refractivity contribution in [3.8, 4) is 67.0 Å². The van der Waals surface area contributed by atoms with E-state index in [1.807, 2.05) is 34.0 Å². The number of fused-ring (bicyclic) bond motifs is 17. The van der Waals surface area contributed by atoms with Crippen LogP contribution in [0.2, 0.25) is 0 Å². The monoisotopic (exact) mass is 1380 g/mol. The second-order valence-electron chi connectivity index (χ2n) is 28.0. The molecule has 0 spiro atoms. The maximum atomic E-state index is 2.56. The van der Waals surface area contributed by atoms with Gasteiger partial charge in [-0.2, -0.15) is 0 Å². The predicted molar refractivity (Wildman–Crippen MR) is 444 cm³/mol. The molecule has 2 aliphatic carbocycles. The summed E-state index contributed by atoms with van der Waals surface area (Å²) in [7, 11) is 0. The van der Waals surface area contributed by atoms with Gasteiger partial charge in [0.15, 0.2) is 0 Å². The van der Waals surface area contributed by atoms with Crippen molar-refractivity contribution in [3.05, 3.63) is 374 Å². The molecule has 19 aromatic rings. The summed E-state index contributed by atoms with van der Waals surface area (Å²) in [6.45, 7) is 2.49. The van der Waals surface area contributed by atoms with Gasteiger partial charge in [0.1, 0.15) is 14.5 Å². The molecule has 1 atom stereocenters. The Kier molecular flexibility index (Phi) is 14.2. The van der Waals surface area contributed by atoms with E-state index in [1.165, 1.54) is 156 Å². The van der Waals surface area contributed by atoms with Gasteiger partial charge < -0.3 is 14.4 Å². The molecule has 2 aliphatic rings. The Bertz CT molecular complexity index is 6500. The Balaban J connectivity index is 0.628. The van der Waals surface area contributed by atoms with Crippen LogP contribution in [0, 0.1) is 0 Å². The maximum Gasteiger partial charge on any atom is 0.110 e. The normalized spacial score (nSPS) is 13.8. The van der Waals surface area contributed by atoms with Crippen LogP contribution >= 0.6 is 34.0 Å². The van der Waals surface area contributed by atoms with Gasteiger partial charge in [0.25, 0.3) is 0 Å². The summed E-state index contributed by atoms with van der Waals surface area (Å²) in [5.41, 5.74) is 28.1. The smallest absolute Gasteiger partial charge is 0.110 e. The van der Waals surface area contributed by atoms with E-state index >= 15 is 0 Å². The summed E-state index contributed by atoms with van der Waals surface area (Å²) in [5, 5.41) is 8.04. The van der Waals surface area contributed by atoms with Crippen LogP contribution in [0.25, 0.3) is 128 Å². The lowest BCUT2D eigenvalue weighted by Crippen LogP contribution is -2.24. The number of aromatic nitrogens is 2. The van der Waals surface area contributed by atoms with Gasteiger partial charge in [-0.3, -0.25) is 4.57 Å². The molecule has 0 radical (unpaired) electrons. The minimum atomic E-state index is -0.349. The molecule has 0 fully saturated rings. The largest absolute Gasteiger partial charge is 0.311 e. The van der Waals surface area contributed by atoms with Crippen LogP contribution in [0.3, 0.4) is 0 Å². The van der Waals surface area contributed by atoms with E-state index in [-0.39, 0.29) is 5.41 Å². The van der Waals surface area contributed by atoms with Gasteiger partial charge in [0, 0.05) is 109 Å². The molecule has 0 saturated heterocycles. The first-order chi connectivity index (χ1) is 51.4. The lowest BCUT2D eigenvalue weighted by atomic mass is 9.75. The van der Waals surface area contributed by atoms with Crippen LogP contribution in [0.4, 0.5) is 34.1 Å². The van der Waals surface area contributed by atoms with Crippen molar-refractivity contribution < 1.29 is 0 Å². The fourth-order valence-electron chi connectivity index (χ4n) is 17.2. The fourth-order valence-corrected chi connectivity index (χ4v) is 21.0. The molecule has 104 heavy (non-hydrogen) atoms. The summed E-state index contributed by atoms with van der Waals surface area (Å²) in [4.78, 5) is 8.67. The molecule has 21 rings (SSSR count). The van der Waals surface area contributed by atoms with Gasteiger partial charge in [-0.15, -0.1) is 34.0 Å². The molecule has 4 nitrogen and oxygen atoms in total. The number of nitrogens with zero attached hydrogens (tertiary/aromatic N) is 4. The van der Waals surface area contributed by atoms with Crippen molar-refractivity contribution in [3.63, 3.8) is 0 Å². The SMILES string of the molecule is CC1(Cc2ccc3sc4c(c3c2)c2c3ccccc3sc2n4-c2ccc(-c3ccc(N(c4ccccc4)c4ccccc4)cc3)cc2)c2ccccc2-c2ccc(N(c3ccc(-c4ccccc4)cc3)c3ccc(-c4ccc(-n5c6c(c7c8ccccc8sc75)-c5ccccc5CC6)cc4)cc3)cc21. The fraction of sp³-hybridized carbons (Fsp3) is 0.0515. The van der Waals surface area contributed by atoms with Crippen molar-refractivity contribution in [1.82, 2.24) is 9.13 Å². The number of hydrogen-bond donors (Lipinski definition) is 0. The van der Waals surface area contributed by atoms with Crippen molar-refractivity contribution in [2.45, 2.75) is 31.6 Å². The number of aryl methyl sites for hydroxylation is 1. The highest BCUT2D eigenvalue weighted by molar-refractivity contribution is 7.28. The Labute approximate surface area is 615 Å². The Hall–Kier alpha value is -12.1. The van der Waals surface area contributed by atoms with Crippen molar-refractivity contribution in [1.29, 1.82) is 0 Å². The van der Waals surface area contributed by atoms with E-state index in [2.05, 4.69) is 372 Å². The lowest BCUT2D eigenvalue weighted by Gasteiger charge is -2.30. The van der Waals surface area contributed by atoms with E-state index in [0.717, 1.165) is 53.4 Å². The van der Waals surface area contributed by atoms with Gasteiger partial charge in [-0.1, -0.05) is 231 Å². The van der Waals surface area contributed by atoms with Gasteiger partial charge in [0.05, 0.1) is 0 Å². The van der Waals surface area contributed by atoms with Gasteiger partial charge in [-0.25, -0.2) is 0 Å². The van der Waals surface area contributed by atoms with Gasteiger partial charge in [-0.05, 0) is 213 Å². The average Bonchev–Trinajstić information content (AvgIpc) is 1.55. The quantitative estimate of drug-likeness (QED) is 0.114. The van der Waals surface area contributed by atoms with Gasteiger partial charge >= 0.3 is 0 Å². The maximum absolute atomic E-state index is 2.56. The van der Waals surface area contributed by atoms with E-state index < -0.39 is 0 Å². The van der Waals surface area contributed by atoms with E-state index in [1.54, 1.807) is 0 Å². The molecule has 0 N–H and O–H groups in total. The molecule has 0 amide bonds. The zero-order valence-electron chi connectivity index (χ0n) is 57.0. The first-order valence-electron chi connectivity index (χ1n) is 35.9. The number of thiophene rings is 3. The predicted octanol–water partition coefficient (Wildman–Crippen LogP) is 27.6. The Morgan fingerprint density at radius 2 is 0.721 bits per heavy atom. The first kappa shape index (κ1) is 60.6. The minimum Gasteiger partial charge on any atom is -0.311 e. The van der Waals surface area contributed by atoms with Crippen molar-refractivity contribution >= 4 is 129 Å². The molecule has 14 aromatic carbocycles. The highest BCUT2D eigenvalue weighted by Gasteiger charge is 2.40. The van der Waals surface area contributed by atoms with Crippen LogP contribution in [-0.4, -0.2) is 9.13 Å².